The molecular formula is C21H24N2O2S. The van der Waals surface area contributed by atoms with Crippen molar-refractivity contribution in [2.24, 2.45) is 0 Å². The summed E-state index contributed by atoms with van der Waals surface area (Å²) >= 11 is 1.78. The van der Waals surface area contributed by atoms with Crippen LogP contribution >= 0.6 is 11.3 Å². The zero-order valence-corrected chi connectivity index (χ0v) is 16.0. The Hall–Kier alpha value is -2.37. The lowest BCUT2D eigenvalue weighted by molar-refractivity contribution is 0.300. The SMILES string of the molecule is CCCOc1ccccc1Oc1ncccc1CNCc1sccc1C. The summed E-state index contributed by atoms with van der Waals surface area (Å²) in [5, 5.41) is 5.60. The molecular weight excluding hydrogens is 344 g/mol. The van der Waals surface area contributed by atoms with Crippen LogP contribution in [-0.2, 0) is 13.1 Å². The largest absolute Gasteiger partial charge is 0.490 e. The smallest absolute Gasteiger partial charge is 0.223 e. The molecule has 0 atom stereocenters. The van der Waals surface area contributed by atoms with E-state index in [4.69, 9.17) is 9.47 Å². The maximum atomic E-state index is 6.08. The van der Waals surface area contributed by atoms with Crippen molar-refractivity contribution < 1.29 is 9.47 Å². The number of nitrogens with one attached hydrogen (secondary N) is 1. The average molecular weight is 369 g/mol. The zero-order valence-electron chi connectivity index (χ0n) is 15.2. The van der Waals surface area contributed by atoms with Crippen LogP contribution < -0.4 is 14.8 Å². The molecule has 0 radical (unpaired) electrons. The monoisotopic (exact) mass is 368 g/mol. The van der Waals surface area contributed by atoms with Crippen molar-refractivity contribution in [2.75, 3.05) is 6.61 Å². The number of hydrogen-bond acceptors (Lipinski definition) is 5. The van der Waals surface area contributed by atoms with Gasteiger partial charge in [0.25, 0.3) is 0 Å². The number of rotatable bonds is 9. The van der Waals surface area contributed by atoms with Crippen molar-refractivity contribution in [3.63, 3.8) is 0 Å². The fourth-order valence-corrected chi connectivity index (χ4v) is 3.39. The normalized spacial score (nSPS) is 10.7. The number of para-hydroxylation sites is 2. The van der Waals surface area contributed by atoms with Gasteiger partial charge in [0, 0.05) is 29.7 Å². The first-order valence-electron chi connectivity index (χ1n) is 8.85. The molecule has 0 spiro atoms. The molecule has 0 saturated carbocycles. The standard InChI is InChI=1S/C21H24N2O2S/c1-3-12-24-18-8-4-5-9-19(18)25-21-17(7-6-11-23-21)14-22-15-20-16(2)10-13-26-20/h4-11,13,22H,3,12,14-15H2,1-2H3. The van der Waals surface area contributed by atoms with Gasteiger partial charge in [0.2, 0.25) is 5.88 Å². The van der Waals surface area contributed by atoms with Gasteiger partial charge >= 0.3 is 0 Å². The van der Waals surface area contributed by atoms with E-state index in [9.17, 15) is 0 Å². The van der Waals surface area contributed by atoms with Gasteiger partial charge in [-0.05, 0) is 48.6 Å². The highest BCUT2D eigenvalue weighted by atomic mass is 32.1. The summed E-state index contributed by atoms with van der Waals surface area (Å²) in [7, 11) is 0. The summed E-state index contributed by atoms with van der Waals surface area (Å²) in [5.74, 6) is 2.04. The van der Waals surface area contributed by atoms with Crippen molar-refractivity contribution in [3.8, 4) is 17.4 Å². The molecule has 3 rings (SSSR count). The van der Waals surface area contributed by atoms with Crippen LogP contribution in [0.5, 0.6) is 17.4 Å². The molecule has 3 aromatic rings. The minimum Gasteiger partial charge on any atom is -0.490 e. The number of aromatic nitrogens is 1. The van der Waals surface area contributed by atoms with Gasteiger partial charge in [-0.25, -0.2) is 4.98 Å². The van der Waals surface area contributed by atoms with E-state index in [-0.39, 0.29) is 0 Å². The topological polar surface area (TPSA) is 43.4 Å². The highest BCUT2D eigenvalue weighted by Gasteiger charge is 2.10. The summed E-state index contributed by atoms with van der Waals surface area (Å²) in [6.45, 7) is 6.42. The van der Waals surface area contributed by atoms with Crippen molar-refractivity contribution in [3.05, 3.63) is 70.0 Å². The van der Waals surface area contributed by atoms with E-state index in [1.807, 2.05) is 36.4 Å². The van der Waals surface area contributed by atoms with Gasteiger partial charge in [-0.2, -0.15) is 0 Å². The Labute approximate surface area is 158 Å². The molecule has 0 aliphatic rings. The summed E-state index contributed by atoms with van der Waals surface area (Å²) in [6.07, 6.45) is 2.70. The van der Waals surface area contributed by atoms with Crippen LogP contribution in [0.2, 0.25) is 0 Å². The maximum Gasteiger partial charge on any atom is 0.223 e. The van der Waals surface area contributed by atoms with Crippen LogP contribution in [0.1, 0.15) is 29.3 Å². The molecule has 0 unspecified atom stereocenters. The molecule has 0 bridgehead atoms. The van der Waals surface area contributed by atoms with Crippen LogP contribution in [0, 0.1) is 6.92 Å². The first-order chi connectivity index (χ1) is 12.8. The van der Waals surface area contributed by atoms with Gasteiger partial charge in [-0.1, -0.05) is 25.1 Å². The number of nitrogens with zero attached hydrogens (tertiary/aromatic N) is 1. The Balaban J connectivity index is 1.68. The molecule has 5 heteroatoms. The van der Waals surface area contributed by atoms with Crippen LogP contribution in [0.25, 0.3) is 0 Å². The van der Waals surface area contributed by atoms with Crippen LogP contribution in [0.4, 0.5) is 0 Å². The zero-order chi connectivity index (χ0) is 18.2. The molecule has 1 aromatic carbocycles. The Kier molecular flexibility index (Phi) is 6.63. The lowest BCUT2D eigenvalue weighted by Crippen LogP contribution is -2.13. The molecule has 26 heavy (non-hydrogen) atoms. The predicted molar refractivity (Wildman–Crippen MR) is 106 cm³/mol. The molecule has 0 aliphatic heterocycles. The molecule has 0 saturated heterocycles. The minimum atomic E-state index is 0.607. The summed E-state index contributed by atoms with van der Waals surface area (Å²) in [5.41, 5.74) is 2.35. The molecule has 0 fully saturated rings. The van der Waals surface area contributed by atoms with Gasteiger partial charge < -0.3 is 14.8 Å². The first-order valence-corrected chi connectivity index (χ1v) is 9.73. The van der Waals surface area contributed by atoms with Gasteiger partial charge in [0.15, 0.2) is 11.5 Å². The van der Waals surface area contributed by atoms with Gasteiger partial charge in [-0.15, -0.1) is 11.3 Å². The quantitative estimate of drug-likeness (QED) is 0.555. The second-order valence-electron chi connectivity index (χ2n) is 6.00. The Morgan fingerprint density at radius 1 is 1.04 bits per heavy atom. The highest BCUT2D eigenvalue weighted by molar-refractivity contribution is 7.10. The van der Waals surface area contributed by atoms with Gasteiger partial charge in [0.1, 0.15) is 0 Å². The average Bonchev–Trinajstić information content (AvgIpc) is 3.07. The lowest BCUT2D eigenvalue weighted by Gasteiger charge is -2.14. The third kappa shape index (κ3) is 4.84. The number of ether oxygens (including phenoxy) is 2. The fraction of sp³-hybridized carbons (Fsp3) is 0.286. The van der Waals surface area contributed by atoms with Crippen molar-refractivity contribution in [1.29, 1.82) is 0 Å². The van der Waals surface area contributed by atoms with E-state index >= 15 is 0 Å². The van der Waals surface area contributed by atoms with Crippen LogP contribution in [0.15, 0.2) is 54.0 Å². The molecule has 136 valence electrons. The van der Waals surface area contributed by atoms with Crippen LogP contribution in [-0.4, -0.2) is 11.6 Å². The number of benzene rings is 1. The molecule has 0 amide bonds. The third-order valence-electron chi connectivity index (χ3n) is 3.94. The Morgan fingerprint density at radius 3 is 2.65 bits per heavy atom. The van der Waals surface area contributed by atoms with Crippen molar-refractivity contribution in [2.45, 2.75) is 33.4 Å². The highest BCUT2D eigenvalue weighted by Crippen LogP contribution is 2.32. The van der Waals surface area contributed by atoms with E-state index in [2.05, 4.69) is 35.6 Å². The molecule has 2 heterocycles. The Bertz CT molecular complexity index is 832. The van der Waals surface area contributed by atoms with E-state index < -0.39 is 0 Å². The second kappa shape index (κ2) is 9.36. The van der Waals surface area contributed by atoms with E-state index in [1.165, 1.54) is 10.4 Å². The number of pyridine rings is 1. The van der Waals surface area contributed by atoms with Gasteiger partial charge in [-0.3, -0.25) is 0 Å². The fourth-order valence-electron chi connectivity index (χ4n) is 2.52. The summed E-state index contributed by atoms with van der Waals surface area (Å²) < 4.78 is 11.9. The summed E-state index contributed by atoms with van der Waals surface area (Å²) in [6, 6.07) is 13.8. The predicted octanol–water partition coefficient (Wildman–Crippen LogP) is 5.32. The van der Waals surface area contributed by atoms with Crippen molar-refractivity contribution >= 4 is 11.3 Å². The minimum absolute atomic E-state index is 0.607. The third-order valence-corrected chi connectivity index (χ3v) is 4.96. The first kappa shape index (κ1) is 18.4. The van der Waals surface area contributed by atoms with Gasteiger partial charge in [0.05, 0.1) is 6.61 Å². The summed E-state index contributed by atoms with van der Waals surface area (Å²) in [4.78, 5) is 5.77. The molecule has 1 N–H and O–H groups in total. The number of aryl methyl sites for hydroxylation is 1. The maximum absolute atomic E-state index is 6.08. The molecule has 2 aromatic heterocycles. The van der Waals surface area contributed by atoms with E-state index in [0.29, 0.717) is 24.8 Å². The van der Waals surface area contributed by atoms with E-state index in [1.54, 1.807) is 17.5 Å². The molecule has 0 aliphatic carbocycles. The number of thiophene rings is 1. The van der Waals surface area contributed by atoms with E-state index in [0.717, 1.165) is 24.3 Å². The molecule has 4 nitrogen and oxygen atoms in total. The second-order valence-corrected chi connectivity index (χ2v) is 7.00. The van der Waals surface area contributed by atoms with Crippen molar-refractivity contribution in [1.82, 2.24) is 10.3 Å². The number of hydrogen-bond donors (Lipinski definition) is 1. The van der Waals surface area contributed by atoms with Crippen LogP contribution in [0.3, 0.4) is 0 Å². The Morgan fingerprint density at radius 2 is 1.88 bits per heavy atom. The lowest BCUT2D eigenvalue weighted by atomic mass is 10.2.